The third-order valence-corrected chi connectivity index (χ3v) is 4.93. The zero-order valence-electron chi connectivity index (χ0n) is 13.5. The summed E-state index contributed by atoms with van der Waals surface area (Å²) in [6.45, 7) is 0. The largest absolute Gasteiger partial charge is 0.360 e. The van der Waals surface area contributed by atoms with Crippen LogP contribution in [-0.4, -0.2) is 9.91 Å². The number of nitro benzene ring substituents is 1. The Balaban J connectivity index is 1.83. The molecule has 1 heterocycles. The molecule has 3 rings (SSSR count). The Hall–Kier alpha value is -3.09. The SMILES string of the molecule is N#CC(=CNc1ccc(F)c([N+](=O)[O-])c1)c1nc(-c2ccc(Br)cc2)cs1. The van der Waals surface area contributed by atoms with E-state index in [-0.39, 0.29) is 5.57 Å². The number of thiazole rings is 1. The fourth-order valence-electron chi connectivity index (χ4n) is 2.19. The predicted molar refractivity (Wildman–Crippen MR) is 106 cm³/mol. The van der Waals surface area contributed by atoms with Crippen molar-refractivity contribution in [1.29, 1.82) is 5.26 Å². The van der Waals surface area contributed by atoms with E-state index in [0.29, 0.717) is 10.7 Å². The second-order valence-corrected chi connectivity index (χ2v) is 7.06. The van der Waals surface area contributed by atoms with Crippen molar-refractivity contribution < 1.29 is 9.31 Å². The molecule has 1 aromatic heterocycles. The van der Waals surface area contributed by atoms with Crippen LogP contribution in [0.1, 0.15) is 5.01 Å². The number of hydrogen-bond donors (Lipinski definition) is 1. The molecule has 9 heteroatoms. The molecule has 2 aromatic carbocycles. The van der Waals surface area contributed by atoms with Crippen LogP contribution < -0.4 is 5.32 Å². The van der Waals surface area contributed by atoms with Crippen molar-refractivity contribution in [1.82, 2.24) is 4.98 Å². The molecule has 0 saturated carbocycles. The molecule has 0 unspecified atom stereocenters. The van der Waals surface area contributed by atoms with Crippen LogP contribution in [0.15, 0.2) is 58.5 Å². The van der Waals surface area contributed by atoms with Gasteiger partial charge in [-0.3, -0.25) is 10.1 Å². The second kappa shape index (κ2) is 8.07. The van der Waals surface area contributed by atoms with Crippen molar-refractivity contribution in [3.05, 3.63) is 79.5 Å². The molecule has 0 fully saturated rings. The number of nitro groups is 1. The predicted octanol–water partition coefficient (Wildman–Crippen LogP) is 5.60. The Bertz CT molecular complexity index is 1070. The first kappa shape index (κ1) is 18.7. The Morgan fingerprint density at radius 3 is 2.74 bits per heavy atom. The van der Waals surface area contributed by atoms with E-state index in [9.17, 15) is 19.8 Å². The Labute approximate surface area is 165 Å². The summed E-state index contributed by atoms with van der Waals surface area (Å²) < 4.78 is 14.3. The minimum Gasteiger partial charge on any atom is -0.360 e. The lowest BCUT2D eigenvalue weighted by Gasteiger charge is -2.02. The second-order valence-electron chi connectivity index (χ2n) is 5.28. The van der Waals surface area contributed by atoms with Gasteiger partial charge in [-0.2, -0.15) is 9.65 Å². The van der Waals surface area contributed by atoms with E-state index in [1.807, 2.05) is 35.7 Å². The Morgan fingerprint density at radius 1 is 1.33 bits per heavy atom. The number of nitriles is 1. The number of anilines is 1. The third kappa shape index (κ3) is 4.36. The highest BCUT2D eigenvalue weighted by Crippen LogP contribution is 2.27. The van der Waals surface area contributed by atoms with Gasteiger partial charge < -0.3 is 5.32 Å². The summed E-state index contributed by atoms with van der Waals surface area (Å²) in [7, 11) is 0. The smallest absolute Gasteiger partial charge is 0.306 e. The highest BCUT2D eigenvalue weighted by Gasteiger charge is 2.14. The van der Waals surface area contributed by atoms with Crippen molar-refractivity contribution in [2.24, 2.45) is 0 Å². The summed E-state index contributed by atoms with van der Waals surface area (Å²) in [4.78, 5) is 14.5. The maximum Gasteiger partial charge on any atom is 0.306 e. The fraction of sp³-hybridized carbons (Fsp3) is 0. The third-order valence-electron chi connectivity index (χ3n) is 3.52. The lowest BCUT2D eigenvalue weighted by atomic mass is 10.2. The van der Waals surface area contributed by atoms with Crippen molar-refractivity contribution in [2.45, 2.75) is 0 Å². The number of benzene rings is 2. The Kier molecular flexibility index (Phi) is 5.59. The summed E-state index contributed by atoms with van der Waals surface area (Å²) in [5.74, 6) is -0.922. The summed E-state index contributed by atoms with van der Waals surface area (Å²) >= 11 is 4.68. The van der Waals surface area contributed by atoms with Gasteiger partial charge in [0, 0.05) is 33.4 Å². The molecule has 6 nitrogen and oxygen atoms in total. The molecule has 3 aromatic rings. The van der Waals surface area contributed by atoms with Crippen LogP contribution in [-0.2, 0) is 0 Å². The van der Waals surface area contributed by atoms with Crippen LogP contribution in [0, 0.1) is 27.3 Å². The molecule has 0 radical (unpaired) electrons. The number of nitrogens with one attached hydrogen (secondary N) is 1. The molecule has 27 heavy (non-hydrogen) atoms. The van der Waals surface area contributed by atoms with Gasteiger partial charge in [0.15, 0.2) is 0 Å². The number of rotatable bonds is 5. The van der Waals surface area contributed by atoms with Crippen LogP contribution in [0.5, 0.6) is 0 Å². The number of hydrogen-bond acceptors (Lipinski definition) is 6. The molecule has 134 valence electrons. The summed E-state index contributed by atoms with van der Waals surface area (Å²) in [6.07, 6.45) is 1.39. The van der Waals surface area contributed by atoms with Crippen LogP contribution in [0.3, 0.4) is 0 Å². The van der Waals surface area contributed by atoms with Crippen LogP contribution >= 0.6 is 27.3 Å². The van der Waals surface area contributed by atoms with Crippen molar-refractivity contribution in [3.8, 4) is 17.3 Å². The average molecular weight is 445 g/mol. The van der Waals surface area contributed by atoms with Gasteiger partial charge in [0.1, 0.15) is 16.6 Å². The van der Waals surface area contributed by atoms with Crippen molar-refractivity contribution in [3.63, 3.8) is 0 Å². The monoisotopic (exact) mass is 444 g/mol. The maximum atomic E-state index is 13.4. The minimum atomic E-state index is -0.922. The van der Waals surface area contributed by atoms with Gasteiger partial charge in [0.25, 0.3) is 0 Å². The molecule has 0 bridgehead atoms. The molecule has 0 amide bonds. The lowest BCUT2D eigenvalue weighted by molar-refractivity contribution is -0.387. The summed E-state index contributed by atoms with van der Waals surface area (Å²) in [6, 6.07) is 13.1. The molecule has 0 aliphatic rings. The van der Waals surface area contributed by atoms with Gasteiger partial charge in [-0.15, -0.1) is 11.3 Å². The van der Waals surface area contributed by atoms with E-state index >= 15 is 0 Å². The number of nitrogens with zero attached hydrogens (tertiary/aromatic N) is 3. The van der Waals surface area contributed by atoms with Crippen LogP contribution in [0.2, 0.25) is 0 Å². The minimum absolute atomic E-state index is 0.260. The number of allylic oxidation sites excluding steroid dienone is 1. The molecule has 0 spiro atoms. The zero-order valence-corrected chi connectivity index (χ0v) is 15.9. The average Bonchev–Trinajstić information content (AvgIpc) is 3.14. The summed E-state index contributed by atoms with van der Waals surface area (Å²) in [5.41, 5.74) is 1.57. The first-order valence-corrected chi connectivity index (χ1v) is 9.18. The standard InChI is InChI=1S/C18H10BrFN4O2S/c19-13-3-1-11(2-4-13)16-10-27-18(23-16)12(8-21)9-22-14-5-6-15(20)17(7-14)24(25)26/h1-7,9-10,22H. The number of halogens is 2. The molecule has 0 atom stereocenters. The molecular formula is C18H10BrFN4O2S. The van der Waals surface area contributed by atoms with Gasteiger partial charge in [-0.05, 0) is 24.3 Å². The van der Waals surface area contributed by atoms with E-state index in [4.69, 9.17) is 0 Å². The van der Waals surface area contributed by atoms with E-state index < -0.39 is 16.4 Å². The molecule has 1 N–H and O–H groups in total. The molecule has 0 saturated heterocycles. The van der Waals surface area contributed by atoms with Gasteiger partial charge >= 0.3 is 5.69 Å². The first-order valence-electron chi connectivity index (χ1n) is 7.50. The number of aromatic nitrogens is 1. The summed E-state index contributed by atoms with van der Waals surface area (Å²) in [5, 5.41) is 25.3. The lowest BCUT2D eigenvalue weighted by Crippen LogP contribution is -1.96. The molecule has 0 aliphatic heterocycles. The Morgan fingerprint density at radius 2 is 2.07 bits per heavy atom. The molecular weight excluding hydrogens is 435 g/mol. The van der Waals surface area contributed by atoms with Crippen molar-refractivity contribution in [2.75, 3.05) is 5.32 Å². The van der Waals surface area contributed by atoms with Crippen LogP contribution in [0.25, 0.3) is 16.8 Å². The van der Waals surface area contributed by atoms with Crippen LogP contribution in [0.4, 0.5) is 15.8 Å². The normalized spacial score (nSPS) is 11.1. The van der Waals surface area contributed by atoms with E-state index in [2.05, 4.69) is 26.2 Å². The van der Waals surface area contributed by atoms with Gasteiger partial charge in [-0.25, -0.2) is 4.98 Å². The highest BCUT2D eigenvalue weighted by molar-refractivity contribution is 9.10. The molecule has 0 aliphatic carbocycles. The first-order chi connectivity index (χ1) is 13.0. The quantitative estimate of drug-likeness (QED) is 0.314. The highest BCUT2D eigenvalue weighted by atomic mass is 79.9. The maximum absolute atomic E-state index is 13.4. The van der Waals surface area contributed by atoms with Gasteiger partial charge in [0.05, 0.1) is 10.6 Å². The van der Waals surface area contributed by atoms with Gasteiger partial charge in [0.2, 0.25) is 5.82 Å². The topological polar surface area (TPSA) is 91.8 Å². The van der Waals surface area contributed by atoms with E-state index in [1.165, 1.54) is 23.6 Å². The fourth-order valence-corrected chi connectivity index (χ4v) is 3.25. The van der Waals surface area contributed by atoms with Gasteiger partial charge in [-0.1, -0.05) is 28.1 Å². The van der Waals surface area contributed by atoms with E-state index in [0.717, 1.165) is 27.9 Å². The van der Waals surface area contributed by atoms with Crippen molar-refractivity contribution >= 4 is 44.2 Å². The van der Waals surface area contributed by atoms with E-state index in [1.54, 1.807) is 0 Å². The zero-order chi connectivity index (χ0) is 19.4.